The number of allylic oxidation sites excluding steroid dienone is 4. The molecule has 0 bridgehead atoms. The maximum atomic E-state index is 6.38. The van der Waals surface area contributed by atoms with Gasteiger partial charge in [0, 0.05) is 44.4 Å². The lowest BCUT2D eigenvalue weighted by molar-refractivity contribution is 0.669. The van der Waals surface area contributed by atoms with E-state index in [9.17, 15) is 0 Å². The van der Waals surface area contributed by atoms with Crippen molar-refractivity contribution < 1.29 is 4.42 Å². The highest BCUT2D eigenvalue weighted by molar-refractivity contribution is 6.14. The summed E-state index contributed by atoms with van der Waals surface area (Å²) in [6, 6.07) is 65.7. The Labute approximate surface area is 319 Å². The van der Waals surface area contributed by atoms with Crippen molar-refractivity contribution in [2.75, 3.05) is 4.90 Å². The van der Waals surface area contributed by atoms with Gasteiger partial charge in [0.25, 0.3) is 0 Å². The molecular weight excluding hydrogens is 669 g/mol. The van der Waals surface area contributed by atoms with Gasteiger partial charge >= 0.3 is 0 Å². The van der Waals surface area contributed by atoms with Crippen LogP contribution in [0, 0.1) is 12.1 Å². The van der Waals surface area contributed by atoms with Gasteiger partial charge in [-0.3, -0.25) is 0 Å². The lowest BCUT2D eigenvalue weighted by Gasteiger charge is -2.27. The Morgan fingerprint density at radius 3 is 2.25 bits per heavy atom. The fourth-order valence-electron chi connectivity index (χ4n) is 8.44. The van der Waals surface area contributed by atoms with Gasteiger partial charge in [-0.1, -0.05) is 109 Å². The third kappa shape index (κ3) is 5.23. The monoisotopic (exact) mass is 702 g/mol. The molecule has 3 heteroatoms. The maximum Gasteiger partial charge on any atom is 0.137 e. The first-order valence-electron chi connectivity index (χ1n) is 18.9. The van der Waals surface area contributed by atoms with Crippen molar-refractivity contribution in [1.29, 1.82) is 0 Å². The van der Waals surface area contributed by atoms with Crippen LogP contribution in [0.5, 0.6) is 0 Å². The van der Waals surface area contributed by atoms with Crippen molar-refractivity contribution in [1.82, 2.24) is 4.57 Å². The Balaban J connectivity index is 1.03. The SMILES string of the molecule is c1c(-c2ccc3cc4c5ccccc5n(-c5ccccc5)c4cc3c2)ccc(N(c2ccc3c(c2)oc2ccccc23)c2ccccc2C2=CC=CCC2)c#1. The highest BCUT2D eigenvalue weighted by Gasteiger charge is 2.20. The number of hydrogen-bond acceptors (Lipinski definition) is 2. The summed E-state index contributed by atoms with van der Waals surface area (Å²) in [7, 11) is 0. The molecule has 0 saturated heterocycles. The Morgan fingerprint density at radius 2 is 1.38 bits per heavy atom. The van der Waals surface area contributed by atoms with E-state index in [1.807, 2.05) is 12.1 Å². The Morgan fingerprint density at radius 1 is 0.564 bits per heavy atom. The molecule has 0 N–H and O–H groups in total. The van der Waals surface area contributed by atoms with E-state index < -0.39 is 0 Å². The summed E-state index contributed by atoms with van der Waals surface area (Å²) in [5.74, 6) is 0. The zero-order valence-corrected chi connectivity index (χ0v) is 30.0. The first-order valence-corrected chi connectivity index (χ1v) is 18.9. The molecule has 55 heavy (non-hydrogen) atoms. The third-order valence-corrected chi connectivity index (χ3v) is 11.1. The first kappa shape index (κ1) is 31.3. The standard InChI is InChI=1S/C52H34N2O/c1-3-13-36(14-4-1)43-17-7-10-20-48(43)53(42-29-30-46-45-19-9-12-22-51(45)55-52(46)34-42)41-27-25-35(26-28-41)37-23-24-38-32-47-44-18-8-11-21-49(44)54(40-15-5-2-6-16-40)50(47)33-39(38)31-37/h1-3,5-13,15-25,27,29-34H,4,14H2. The van der Waals surface area contributed by atoms with E-state index in [1.54, 1.807) is 0 Å². The predicted octanol–water partition coefficient (Wildman–Crippen LogP) is 14.3. The zero-order chi connectivity index (χ0) is 36.3. The van der Waals surface area contributed by atoms with Crippen LogP contribution >= 0.6 is 0 Å². The second kappa shape index (κ2) is 12.7. The quantitative estimate of drug-likeness (QED) is 0.172. The lowest BCUT2D eigenvalue weighted by Crippen LogP contribution is -2.12. The summed E-state index contributed by atoms with van der Waals surface area (Å²) in [6.45, 7) is 0. The van der Waals surface area contributed by atoms with Crippen LogP contribution in [0.25, 0.3) is 76.9 Å². The Kier molecular flexibility index (Phi) is 7.21. The van der Waals surface area contributed by atoms with Crippen LogP contribution in [-0.4, -0.2) is 4.57 Å². The topological polar surface area (TPSA) is 21.3 Å². The number of para-hydroxylation sites is 4. The largest absolute Gasteiger partial charge is 0.456 e. The second-order valence-electron chi connectivity index (χ2n) is 14.3. The normalized spacial score (nSPS) is 12.8. The Bertz CT molecular complexity index is 3140. The predicted molar refractivity (Wildman–Crippen MR) is 230 cm³/mol. The van der Waals surface area contributed by atoms with Gasteiger partial charge < -0.3 is 13.9 Å². The molecule has 0 spiro atoms. The van der Waals surface area contributed by atoms with Crippen molar-refractivity contribution in [3.05, 3.63) is 200 Å². The van der Waals surface area contributed by atoms with Gasteiger partial charge in [-0.25, -0.2) is 0 Å². The molecule has 0 saturated carbocycles. The number of anilines is 3. The molecular formula is C52H34N2O. The summed E-state index contributed by atoms with van der Waals surface area (Å²) in [6.07, 6.45) is 8.68. The molecule has 3 nitrogen and oxygen atoms in total. The van der Waals surface area contributed by atoms with Crippen LogP contribution in [0.2, 0.25) is 0 Å². The van der Waals surface area contributed by atoms with E-state index in [0.29, 0.717) is 0 Å². The number of rotatable bonds is 6. The van der Waals surface area contributed by atoms with Crippen LogP contribution in [-0.2, 0) is 0 Å². The molecule has 2 aromatic heterocycles. The summed E-state index contributed by atoms with van der Waals surface area (Å²) < 4.78 is 8.76. The van der Waals surface area contributed by atoms with Gasteiger partial charge in [-0.15, -0.1) is 0 Å². The number of aromatic nitrogens is 1. The minimum Gasteiger partial charge on any atom is -0.456 e. The second-order valence-corrected chi connectivity index (χ2v) is 14.3. The van der Waals surface area contributed by atoms with Crippen molar-refractivity contribution in [2.45, 2.75) is 12.8 Å². The van der Waals surface area contributed by atoms with Crippen LogP contribution in [0.1, 0.15) is 18.4 Å². The van der Waals surface area contributed by atoms with E-state index in [-0.39, 0.29) is 0 Å². The van der Waals surface area contributed by atoms with Gasteiger partial charge in [-0.05, 0) is 114 Å². The highest BCUT2D eigenvalue weighted by atomic mass is 16.3. The molecule has 0 fully saturated rings. The summed E-state index contributed by atoms with van der Waals surface area (Å²) in [5, 5.41) is 7.14. The smallest absolute Gasteiger partial charge is 0.137 e. The van der Waals surface area contributed by atoms with Crippen molar-refractivity contribution in [3.8, 4) is 16.8 Å². The van der Waals surface area contributed by atoms with Gasteiger partial charge in [0.1, 0.15) is 11.2 Å². The third-order valence-electron chi connectivity index (χ3n) is 11.1. The minimum atomic E-state index is 0.859. The molecule has 11 rings (SSSR count). The summed E-state index contributed by atoms with van der Waals surface area (Å²) in [5.41, 5.74) is 13.0. The van der Waals surface area contributed by atoms with Gasteiger partial charge in [0.05, 0.1) is 28.1 Å². The average molecular weight is 703 g/mol. The lowest BCUT2D eigenvalue weighted by atomic mass is 9.95. The molecule has 0 amide bonds. The van der Waals surface area contributed by atoms with Gasteiger partial charge in [0.2, 0.25) is 0 Å². The maximum absolute atomic E-state index is 6.38. The average Bonchev–Trinajstić information content (AvgIpc) is 3.78. The fraction of sp³-hybridized carbons (Fsp3) is 0.0385. The van der Waals surface area contributed by atoms with E-state index in [0.717, 1.165) is 68.7 Å². The van der Waals surface area contributed by atoms with Crippen molar-refractivity contribution in [3.63, 3.8) is 0 Å². The van der Waals surface area contributed by atoms with E-state index >= 15 is 0 Å². The number of fused-ring (bicyclic) bond motifs is 7. The van der Waals surface area contributed by atoms with Crippen LogP contribution < -0.4 is 4.90 Å². The minimum absolute atomic E-state index is 0.859. The molecule has 0 aliphatic heterocycles. The summed E-state index contributed by atoms with van der Waals surface area (Å²) >= 11 is 0. The molecule has 10 aromatic rings. The zero-order valence-electron chi connectivity index (χ0n) is 30.0. The van der Waals surface area contributed by atoms with E-state index in [1.165, 1.54) is 43.7 Å². The van der Waals surface area contributed by atoms with Crippen LogP contribution in [0.15, 0.2) is 186 Å². The highest BCUT2D eigenvalue weighted by Crippen LogP contribution is 2.43. The van der Waals surface area contributed by atoms with Crippen molar-refractivity contribution >= 4 is 77.2 Å². The van der Waals surface area contributed by atoms with Gasteiger partial charge in [0.15, 0.2) is 0 Å². The molecule has 1 aliphatic carbocycles. The number of hydrogen-bond donors (Lipinski definition) is 0. The molecule has 0 unspecified atom stereocenters. The fourth-order valence-corrected chi connectivity index (χ4v) is 8.44. The van der Waals surface area contributed by atoms with Crippen LogP contribution in [0.3, 0.4) is 0 Å². The molecule has 0 atom stereocenters. The van der Waals surface area contributed by atoms with E-state index in [2.05, 4.69) is 191 Å². The molecule has 0 radical (unpaired) electrons. The van der Waals surface area contributed by atoms with E-state index in [4.69, 9.17) is 4.42 Å². The van der Waals surface area contributed by atoms with Gasteiger partial charge in [-0.2, -0.15) is 0 Å². The molecule has 258 valence electrons. The van der Waals surface area contributed by atoms with Crippen LogP contribution in [0.4, 0.5) is 17.1 Å². The summed E-state index contributed by atoms with van der Waals surface area (Å²) in [4.78, 5) is 2.29. The molecule has 8 aromatic carbocycles. The Hall–Kier alpha value is -7.28. The number of benzene rings is 7. The molecule has 1 aliphatic rings. The first-order chi connectivity index (χ1) is 27.3. The molecule has 2 heterocycles. The number of furan rings is 1. The number of nitrogens with zero attached hydrogens (tertiary/aromatic N) is 2. The van der Waals surface area contributed by atoms with Crippen molar-refractivity contribution in [2.24, 2.45) is 0 Å².